The van der Waals surface area contributed by atoms with Crippen LogP contribution in [-0.2, 0) is 12.3 Å². The molecule has 1 aromatic heterocycles. The number of aliphatic imine (C=N–C) groups is 1. The van der Waals surface area contributed by atoms with Gasteiger partial charge in [0.15, 0.2) is 5.17 Å². The molecule has 1 heterocycles. The van der Waals surface area contributed by atoms with Crippen LogP contribution in [0.4, 0.5) is 0 Å². The van der Waals surface area contributed by atoms with Crippen molar-refractivity contribution in [3.8, 4) is 11.1 Å². The summed E-state index contributed by atoms with van der Waals surface area (Å²) in [6.07, 6.45) is 1.64. The molecule has 0 spiro atoms. The minimum absolute atomic E-state index is 0. The zero-order valence-electron chi connectivity index (χ0n) is 13.1. The Kier molecular flexibility index (Phi) is 6.97. The Bertz CT molecular complexity index is 756. The predicted molar refractivity (Wildman–Crippen MR) is 104 cm³/mol. The second-order valence-electron chi connectivity index (χ2n) is 5.09. The van der Waals surface area contributed by atoms with E-state index < -0.39 is 0 Å². The lowest BCUT2D eigenvalue weighted by atomic mass is 10.0. The van der Waals surface area contributed by atoms with E-state index in [4.69, 9.17) is 10.2 Å². The maximum atomic E-state index is 5.93. The van der Waals surface area contributed by atoms with Crippen molar-refractivity contribution in [2.45, 2.75) is 12.3 Å². The molecule has 24 heavy (non-hydrogen) atoms. The van der Waals surface area contributed by atoms with Crippen molar-refractivity contribution < 1.29 is 4.42 Å². The number of rotatable bonds is 5. The first-order chi connectivity index (χ1) is 11.3. The first-order valence-corrected chi connectivity index (χ1v) is 8.39. The summed E-state index contributed by atoms with van der Waals surface area (Å²) in [4.78, 5) is 4.31. The van der Waals surface area contributed by atoms with Gasteiger partial charge in [0.2, 0.25) is 0 Å². The molecule has 0 saturated carbocycles. The Morgan fingerprint density at radius 3 is 2.29 bits per heavy atom. The zero-order chi connectivity index (χ0) is 15.9. The van der Waals surface area contributed by atoms with E-state index in [2.05, 4.69) is 53.5 Å². The Labute approximate surface area is 152 Å². The average Bonchev–Trinajstić information content (AvgIpc) is 3.13. The highest BCUT2D eigenvalue weighted by atomic mass is 35.5. The van der Waals surface area contributed by atoms with Gasteiger partial charge in [-0.2, -0.15) is 0 Å². The minimum Gasteiger partial charge on any atom is -0.467 e. The third-order valence-electron chi connectivity index (χ3n) is 3.42. The lowest BCUT2D eigenvalue weighted by Gasteiger charge is -2.04. The number of amidine groups is 1. The molecule has 0 fully saturated rings. The van der Waals surface area contributed by atoms with Crippen LogP contribution in [0.1, 0.15) is 11.3 Å². The number of furan rings is 1. The van der Waals surface area contributed by atoms with Crippen molar-refractivity contribution in [1.29, 1.82) is 0 Å². The van der Waals surface area contributed by atoms with Crippen molar-refractivity contribution in [2.75, 3.05) is 0 Å². The van der Waals surface area contributed by atoms with E-state index >= 15 is 0 Å². The van der Waals surface area contributed by atoms with Gasteiger partial charge in [-0.05, 0) is 28.8 Å². The van der Waals surface area contributed by atoms with Crippen LogP contribution in [-0.4, -0.2) is 5.17 Å². The van der Waals surface area contributed by atoms with Crippen LogP contribution >= 0.6 is 24.2 Å². The third kappa shape index (κ3) is 5.18. The topological polar surface area (TPSA) is 51.5 Å². The van der Waals surface area contributed by atoms with Gasteiger partial charge in [-0.1, -0.05) is 66.4 Å². The van der Waals surface area contributed by atoms with Crippen LogP contribution in [0.2, 0.25) is 0 Å². The number of halogens is 1. The van der Waals surface area contributed by atoms with Gasteiger partial charge in [-0.15, -0.1) is 12.4 Å². The van der Waals surface area contributed by atoms with E-state index in [1.165, 1.54) is 28.5 Å². The summed E-state index contributed by atoms with van der Waals surface area (Å²) in [5, 5.41) is 0.577. The van der Waals surface area contributed by atoms with Crippen LogP contribution in [0.15, 0.2) is 82.4 Å². The highest BCUT2D eigenvalue weighted by Crippen LogP contribution is 2.21. The molecule has 0 aliphatic rings. The molecule has 0 saturated heterocycles. The van der Waals surface area contributed by atoms with Crippen LogP contribution in [0.5, 0.6) is 0 Å². The zero-order valence-corrected chi connectivity index (χ0v) is 14.7. The molecule has 0 radical (unpaired) electrons. The Morgan fingerprint density at radius 1 is 0.917 bits per heavy atom. The summed E-state index contributed by atoms with van der Waals surface area (Å²) < 4.78 is 5.23. The molecule has 0 bridgehead atoms. The van der Waals surface area contributed by atoms with Crippen LogP contribution in [0, 0.1) is 0 Å². The van der Waals surface area contributed by atoms with Gasteiger partial charge in [0.25, 0.3) is 0 Å². The molecule has 0 aliphatic heterocycles. The van der Waals surface area contributed by atoms with Gasteiger partial charge >= 0.3 is 0 Å². The third-order valence-corrected chi connectivity index (χ3v) is 4.32. The molecule has 0 aliphatic carbocycles. The summed E-state index contributed by atoms with van der Waals surface area (Å²) in [7, 11) is 0. The number of hydrogen-bond acceptors (Lipinski definition) is 3. The van der Waals surface area contributed by atoms with Gasteiger partial charge < -0.3 is 10.2 Å². The van der Waals surface area contributed by atoms with E-state index in [1.807, 2.05) is 18.2 Å². The first kappa shape index (κ1) is 18.2. The smallest absolute Gasteiger partial charge is 0.154 e. The van der Waals surface area contributed by atoms with Crippen molar-refractivity contribution in [2.24, 2.45) is 10.7 Å². The van der Waals surface area contributed by atoms with Crippen LogP contribution in [0.3, 0.4) is 0 Å². The molecule has 2 N–H and O–H groups in total. The number of nitrogens with zero attached hydrogens (tertiary/aromatic N) is 1. The molecule has 3 nitrogen and oxygen atoms in total. The fraction of sp³-hybridized carbons (Fsp3) is 0.105. The summed E-state index contributed by atoms with van der Waals surface area (Å²) in [6.45, 7) is 0.485. The summed E-state index contributed by atoms with van der Waals surface area (Å²) in [5.41, 5.74) is 9.61. The molecule has 3 aromatic rings. The second kappa shape index (κ2) is 9.21. The summed E-state index contributed by atoms with van der Waals surface area (Å²) in [6, 6.07) is 22.6. The molecule has 0 atom stereocenters. The lowest BCUT2D eigenvalue weighted by Crippen LogP contribution is -2.07. The number of benzene rings is 2. The predicted octanol–water partition coefficient (Wildman–Crippen LogP) is 5.12. The first-order valence-electron chi connectivity index (χ1n) is 7.41. The van der Waals surface area contributed by atoms with Crippen molar-refractivity contribution in [1.82, 2.24) is 0 Å². The minimum atomic E-state index is 0. The highest BCUT2D eigenvalue weighted by molar-refractivity contribution is 8.13. The maximum absolute atomic E-state index is 5.93. The van der Waals surface area contributed by atoms with Gasteiger partial charge in [0.05, 0.1) is 12.8 Å². The van der Waals surface area contributed by atoms with Gasteiger partial charge in [-0.3, -0.25) is 4.99 Å². The Morgan fingerprint density at radius 2 is 1.62 bits per heavy atom. The number of nitrogens with two attached hydrogens (primary N) is 1. The average molecular weight is 359 g/mol. The molecular formula is C19H19ClN2OS. The number of thioether (sulfide) groups is 1. The summed E-state index contributed by atoms with van der Waals surface area (Å²) in [5.74, 6) is 1.63. The molecule has 0 amide bonds. The van der Waals surface area contributed by atoms with E-state index in [9.17, 15) is 0 Å². The van der Waals surface area contributed by atoms with Crippen LogP contribution in [0.25, 0.3) is 11.1 Å². The molecular weight excluding hydrogens is 340 g/mol. The lowest BCUT2D eigenvalue weighted by molar-refractivity contribution is 0.513. The SMILES string of the molecule is Cl.NC(=NCc1ccco1)SCc1ccc(-c2ccccc2)cc1. The van der Waals surface area contributed by atoms with Gasteiger partial charge in [0.1, 0.15) is 5.76 Å². The molecule has 2 aromatic carbocycles. The van der Waals surface area contributed by atoms with E-state index in [-0.39, 0.29) is 12.4 Å². The fourth-order valence-corrected chi connectivity index (χ4v) is 2.85. The van der Waals surface area contributed by atoms with Crippen molar-refractivity contribution in [3.63, 3.8) is 0 Å². The molecule has 3 rings (SSSR count). The summed E-state index contributed by atoms with van der Waals surface area (Å²) >= 11 is 1.54. The quantitative estimate of drug-likeness (QED) is 0.509. The molecule has 5 heteroatoms. The molecule has 0 unspecified atom stereocenters. The maximum Gasteiger partial charge on any atom is 0.154 e. The Balaban J connectivity index is 0.00000208. The monoisotopic (exact) mass is 358 g/mol. The standard InChI is InChI=1S/C19H18N2OS.ClH/c20-19(21-13-18-7-4-12-22-18)23-14-15-8-10-17(11-9-15)16-5-2-1-3-6-16;/h1-12H,13-14H2,(H2,20,21);1H. The van der Waals surface area contributed by atoms with Gasteiger partial charge in [-0.25, -0.2) is 0 Å². The number of hydrogen-bond donors (Lipinski definition) is 1. The molecule has 124 valence electrons. The van der Waals surface area contributed by atoms with E-state index in [1.54, 1.807) is 6.26 Å². The fourth-order valence-electron chi connectivity index (χ4n) is 2.19. The van der Waals surface area contributed by atoms with Crippen molar-refractivity contribution in [3.05, 3.63) is 84.3 Å². The van der Waals surface area contributed by atoms with Crippen LogP contribution < -0.4 is 5.73 Å². The largest absolute Gasteiger partial charge is 0.467 e. The second-order valence-corrected chi connectivity index (χ2v) is 6.08. The Hall–Kier alpha value is -2.17. The van der Waals surface area contributed by atoms with Gasteiger partial charge in [0, 0.05) is 5.75 Å². The highest BCUT2D eigenvalue weighted by Gasteiger charge is 2.00. The van der Waals surface area contributed by atoms with Crippen molar-refractivity contribution >= 4 is 29.3 Å². The van der Waals surface area contributed by atoms with E-state index in [0.717, 1.165) is 11.5 Å². The normalized spacial score (nSPS) is 11.1. The van der Waals surface area contributed by atoms with E-state index in [0.29, 0.717) is 11.7 Å².